The van der Waals surface area contributed by atoms with Gasteiger partial charge < -0.3 is 5.73 Å². The Balaban J connectivity index is 2.36. The molecule has 0 saturated carbocycles. The van der Waals surface area contributed by atoms with E-state index in [0.29, 0.717) is 5.56 Å². The van der Waals surface area contributed by atoms with E-state index in [-0.39, 0.29) is 19.3 Å². The van der Waals surface area contributed by atoms with Crippen LogP contribution in [0.4, 0.5) is 13.2 Å². The fraction of sp³-hybridized carbons (Fsp3) is 0.500. The molecule has 0 radical (unpaired) electrons. The molecule has 1 aliphatic heterocycles. The number of nitrogens with two attached hydrogens (primary N) is 1. The zero-order valence-electron chi connectivity index (χ0n) is 11.2. The summed E-state index contributed by atoms with van der Waals surface area (Å²) in [6.07, 6.45) is -4.56. The molecular formula is C14H17F3N2O. The van der Waals surface area contributed by atoms with Gasteiger partial charge in [0, 0.05) is 0 Å². The van der Waals surface area contributed by atoms with E-state index >= 15 is 0 Å². The van der Waals surface area contributed by atoms with Crippen LogP contribution in [0.1, 0.15) is 18.4 Å². The quantitative estimate of drug-likeness (QED) is 0.925. The summed E-state index contributed by atoms with van der Waals surface area (Å²) >= 11 is 0. The molecule has 0 aromatic heterocycles. The number of halogens is 3. The minimum absolute atomic E-state index is 0.116. The third-order valence-corrected chi connectivity index (χ3v) is 4.17. The maximum absolute atomic E-state index is 13.6. The third kappa shape index (κ3) is 2.40. The first-order valence-electron chi connectivity index (χ1n) is 6.41. The molecule has 1 saturated heterocycles. The van der Waals surface area contributed by atoms with Crippen molar-refractivity contribution in [3.63, 3.8) is 0 Å². The topological polar surface area (TPSA) is 46.3 Å². The van der Waals surface area contributed by atoms with E-state index in [2.05, 4.69) is 0 Å². The lowest BCUT2D eigenvalue weighted by Gasteiger charge is -2.39. The van der Waals surface area contributed by atoms with Crippen LogP contribution in [0.3, 0.4) is 0 Å². The van der Waals surface area contributed by atoms with Gasteiger partial charge in [0.05, 0.1) is 6.04 Å². The van der Waals surface area contributed by atoms with Crippen molar-refractivity contribution < 1.29 is 18.0 Å². The van der Waals surface area contributed by atoms with Crippen LogP contribution in [0.2, 0.25) is 0 Å². The molecule has 2 rings (SSSR count). The number of hydrogen-bond acceptors (Lipinski definition) is 2. The number of benzene rings is 1. The fourth-order valence-electron chi connectivity index (χ4n) is 2.97. The van der Waals surface area contributed by atoms with Crippen molar-refractivity contribution in [3.05, 3.63) is 35.9 Å². The van der Waals surface area contributed by atoms with Crippen molar-refractivity contribution in [3.8, 4) is 0 Å². The first-order chi connectivity index (χ1) is 9.28. The van der Waals surface area contributed by atoms with Gasteiger partial charge in [-0.05, 0) is 31.9 Å². The lowest BCUT2D eigenvalue weighted by atomic mass is 9.87. The average molecular weight is 286 g/mol. The monoisotopic (exact) mass is 286 g/mol. The minimum Gasteiger partial charge on any atom is -0.368 e. The van der Waals surface area contributed by atoms with Gasteiger partial charge in [0.25, 0.3) is 0 Å². The fourth-order valence-corrected chi connectivity index (χ4v) is 2.97. The molecule has 6 heteroatoms. The molecular weight excluding hydrogens is 269 g/mol. The maximum Gasteiger partial charge on any atom is 0.407 e. The normalized spacial score (nSPS) is 27.7. The highest BCUT2D eigenvalue weighted by Crippen LogP contribution is 2.46. The first-order valence-corrected chi connectivity index (χ1v) is 6.41. The van der Waals surface area contributed by atoms with E-state index in [4.69, 9.17) is 5.73 Å². The first kappa shape index (κ1) is 14.8. The maximum atomic E-state index is 13.6. The minimum atomic E-state index is -4.41. The highest BCUT2D eigenvalue weighted by Gasteiger charge is 2.62. The summed E-state index contributed by atoms with van der Waals surface area (Å²) in [6, 6.07) is 7.65. The molecule has 1 aromatic rings. The Bertz CT molecular complexity index is 489. The summed E-state index contributed by atoms with van der Waals surface area (Å²) in [4.78, 5) is 12.4. The smallest absolute Gasteiger partial charge is 0.368 e. The number of likely N-dealkylation sites (N-methyl/N-ethyl adjacent to an activating group) is 1. The molecule has 0 spiro atoms. The predicted molar refractivity (Wildman–Crippen MR) is 68.9 cm³/mol. The van der Waals surface area contributed by atoms with Gasteiger partial charge in [0.1, 0.15) is 5.54 Å². The van der Waals surface area contributed by atoms with Crippen LogP contribution in [0.25, 0.3) is 0 Å². The van der Waals surface area contributed by atoms with Crippen LogP contribution < -0.4 is 5.73 Å². The number of carbonyl (C=O) groups is 1. The second kappa shape index (κ2) is 5.09. The SMILES string of the molecule is CN1C(C(N)=O)CCC1(Cc1ccccc1)C(F)(F)F. The van der Waals surface area contributed by atoms with E-state index in [9.17, 15) is 18.0 Å². The molecule has 1 amide bonds. The van der Waals surface area contributed by atoms with Crippen LogP contribution in [-0.2, 0) is 11.2 Å². The molecule has 2 N–H and O–H groups in total. The number of primary amides is 1. The number of hydrogen-bond donors (Lipinski definition) is 1. The molecule has 20 heavy (non-hydrogen) atoms. The Hall–Kier alpha value is -1.56. The van der Waals surface area contributed by atoms with Crippen molar-refractivity contribution in [1.29, 1.82) is 0 Å². The summed E-state index contributed by atoms with van der Waals surface area (Å²) in [5, 5.41) is 0. The van der Waals surface area contributed by atoms with Gasteiger partial charge in [-0.2, -0.15) is 13.2 Å². The number of alkyl halides is 3. The van der Waals surface area contributed by atoms with Crippen molar-refractivity contribution in [2.24, 2.45) is 5.73 Å². The van der Waals surface area contributed by atoms with Crippen molar-refractivity contribution in [2.45, 2.75) is 37.0 Å². The lowest BCUT2D eigenvalue weighted by molar-refractivity contribution is -0.222. The Morgan fingerprint density at radius 2 is 2.00 bits per heavy atom. The van der Waals surface area contributed by atoms with Crippen LogP contribution in [0, 0.1) is 0 Å². The standard InChI is InChI=1S/C14H17F3N2O/c1-19-11(12(18)20)7-8-13(19,14(15,16)17)9-10-5-3-2-4-6-10/h2-6,11H,7-9H2,1H3,(H2,18,20). The number of amides is 1. The van der Waals surface area contributed by atoms with Gasteiger partial charge in [-0.3, -0.25) is 9.69 Å². The molecule has 1 aliphatic rings. The van der Waals surface area contributed by atoms with Crippen molar-refractivity contribution >= 4 is 5.91 Å². The van der Waals surface area contributed by atoms with E-state index in [1.54, 1.807) is 30.3 Å². The molecule has 1 fully saturated rings. The van der Waals surface area contributed by atoms with Gasteiger partial charge in [-0.15, -0.1) is 0 Å². The molecule has 1 heterocycles. The molecule has 1 aromatic carbocycles. The number of nitrogens with zero attached hydrogens (tertiary/aromatic N) is 1. The third-order valence-electron chi connectivity index (χ3n) is 4.17. The highest BCUT2D eigenvalue weighted by molar-refractivity contribution is 5.80. The van der Waals surface area contributed by atoms with Gasteiger partial charge in [0.2, 0.25) is 5.91 Å². The number of rotatable bonds is 3. The van der Waals surface area contributed by atoms with Gasteiger partial charge in [-0.1, -0.05) is 30.3 Å². The molecule has 0 aliphatic carbocycles. The predicted octanol–water partition coefficient (Wildman–Crippen LogP) is 2.11. The van der Waals surface area contributed by atoms with Gasteiger partial charge in [-0.25, -0.2) is 0 Å². The lowest BCUT2D eigenvalue weighted by Crippen LogP contribution is -2.58. The van der Waals surface area contributed by atoms with E-state index in [1.807, 2.05) is 0 Å². The zero-order chi connectivity index (χ0) is 15.0. The Morgan fingerprint density at radius 1 is 1.40 bits per heavy atom. The molecule has 2 unspecified atom stereocenters. The average Bonchev–Trinajstić information content (AvgIpc) is 2.69. The van der Waals surface area contributed by atoms with E-state index < -0.39 is 23.7 Å². The Morgan fingerprint density at radius 3 is 2.45 bits per heavy atom. The largest absolute Gasteiger partial charge is 0.407 e. The molecule has 110 valence electrons. The van der Waals surface area contributed by atoms with Crippen molar-refractivity contribution in [1.82, 2.24) is 4.90 Å². The Kier molecular flexibility index (Phi) is 3.77. The van der Waals surface area contributed by atoms with Crippen LogP contribution >= 0.6 is 0 Å². The summed E-state index contributed by atoms with van der Waals surface area (Å²) in [5.41, 5.74) is 3.78. The summed E-state index contributed by atoms with van der Waals surface area (Å²) in [7, 11) is 1.33. The Labute approximate surface area is 115 Å². The van der Waals surface area contributed by atoms with Gasteiger partial charge >= 0.3 is 6.18 Å². The second-order valence-electron chi connectivity index (χ2n) is 5.26. The molecule has 2 atom stereocenters. The van der Waals surface area contributed by atoms with Crippen LogP contribution in [0.5, 0.6) is 0 Å². The van der Waals surface area contributed by atoms with Crippen LogP contribution in [0.15, 0.2) is 30.3 Å². The van der Waals surface area contributed by atoms with Gasteiger partial charge in [0.15, 0.2) is 0 Å². The highest BCUT2D eigenvalue weighted by atomic mass is 19.4. The van der Waals surface area contributed by atoms with E-state index in [1.165, 1.54) is 7.05 Å². The van der Waals surface area contributed by atoms with Crippen LogP contribution in [-0.4, -0.2) is 35.6 Å². The molecule has 3 nitrogen and oxygen atoms in total. The second-order valence-corrected chi connectivity index (χ2v) is 5.26. The summed E-state index contributed by atoms with van der Waals surface area (Å²) in [5.74, 6) is -0.702. The summed E-state index contributed by atoms with van der Waals surface area (Å²) in [6.45, 7) is 0. The molecule has 0 bridgehead atoms. The van der Waals surface area contributed by atoms with E-state index in [0.717, 1.165) is 4.90 Å². The number of likely N-dealkylation sites (tertiary alicyclic amines) is 1. The summed E-state index contributed by atoms with van der Waals surface area (Å²) < 4.78 is 40.8. The number of carbonyl (C=O) groups excluding carboxylic acids is 1. The zero-order valence-corrected chi connectivity index (χ0v) is 11.2. The van der Waals surface area contributed by atoms with Crippen molar-refractivity contribution in [2.75, 3.05) is 7.05 Å².